The van der Waals surface area contributed by atoms with E-state index in [1.807, 2.05) is 18.2 Å². The molecule has 1 fully saturated rings. The number of para-hydroxylation sites is 2. The second-order valence-corrected chi connectivity index (χ2v) is 7.75. The topological polar surface area (TPSA) is 47.6 Å². The van der Waals surface area contributed by atoms with Crippen LogP contribution in [0.5, 0.6) is 0 Å². The smallest absolute Gasteiger partial charge is 0.157 e. The van der Waals surface area contributed by atoms with Gasteiger partial charge < -0.3 is 4.90 Å². The Kier molecular flexibility index (Phi) is 4.82. The molecule has 5 nitrogen and oxygen atoms in total. The first-order valence-corrected chi connectivity index (χ1v) is 9.99. The number of aromatic nitrogens is 2. The summed E-state index contributed by atoms with van der Waals surface area (Å²) in [5, 5.41) is 9.85. The van der Waals surface area contributed by atoms with Crippen molar-refractivity contribution in [2.75, 3.05) is 37.6 Å². The normalized spacial score (nSPS) is 15.3. The molecule has 0 atom stereocenters. The molecule has 0 radical (unpaired) electrons. The molecule has 0 N–H and O–H groups in total. The summed E-state index contributed by atoms with van der Waals surface area (Å²) in [6.45, 7) is 15.3. The van der Waals surface area contributed by atoms with Gasteiger partial charge in [0.15, 0.2) is 5.65 Å². The number of nitriles is 1. The van der Waals surface area contributed by atoms with Crippen molar-refractivity contribution in [3.05, 3.63) is 53.1 Å². The van der Waals surface area contributed by atoms with Gasteiger partial charge in [-0.05, 0) is 43.5 Å². The van der Waals surface area contributed by atoms with Crippen LogP contribution in [0.4, 0.5) is 5.82 Å². The van der Waals surface area contributed by atoms with E-state index in [2.05, 4.69) is 53.7 Å². The zero-order chi connectivity index (χ0) is 19.8. The van der Waals surface area contributed by atoms with Gasteiger partial charge in [-0.15, -0.1) is 0 Å². The van der Waals surface area contributed by atoms with Crippen LogP contribution in [0.2, 0.25) is 0 Å². The molecular weight excluding hydrogens is 346 g/mol. The van der Waals surface area contributed by atoms with E-state index in [1.54, 1.807) is 0 Å². The van der Waals surface area contributed by atoms with Gasteiger partial charge in [0, 0.05) is 32.7 Å². The molecular formula is C23H27N5. The number of rotatable bonds is 4. The molecule has 1 aromatic carbocycles. The summed E-state index contributed by atoms with van der Waals surface area (Å²) in [6, 6.07) is 10.6. The van der Waals surface area contributed by atoms with E-state index in [-0.39, 0.29) is 0 Å². The minimum absolute atomic E-state index is 0.692. The van der Waals surface area contributed by atoms with Crippen molar-refractivity contribution >= 4 is 22.5 Å². The van der Waals surface area contributed by atoms with Crippen molar-refractivity contribution in [2.24, 2.45) is 0 Å². The third-order valence-electron chi connectivity index (χ3n) is 5.72. The standard InChI is InChI=1S/C23H27N5/c1-5-18-17(4)19(14-24)22-25-20-8-6-7-9-21(20)28(22)23(18)27-12-10-26(11-13-27)15-16(2)3/h6-9H,2,5,10-13,15H2,1,3-4H3. The highest BCUT2D eigenvalue weighted by molar-refractivity contribution is 5.86. The fraction of sp³-hybridized carbons (Fsp3) is 0.391. The average molecular weight is 374 g/mol. The van der Waals surface area contributed by atoms with Crippen molar-refractivity contribution < 1.29 is 0 Å². The van der Waals surface area contributed by atoms with Crippen LogP contribution in [0.25, 0.3) is 16.7 Å². The molecule has 0 bridgehead atoms. The Morgan fingerprint density at radius 2 is 1.93 bits per heavy atom. The molecule has 0 unspecified atom stereocenters. The van der Waals surface area contributed by atoms with Crippen LogP contribution in [-0.2, 0) is 6.42 Å². The molecule has 1 aliphatic rings. The van der Waals surface area contributed by atoms with Gasteiger partial charge in [-0.2, -0.15) is 5.26 Å². The molecule has 5 heteroatoms. The van der Waals surface area contributed by atoms with E-state index in [0.29, 0.717) is 5.56 Å². The zero-order valence-electron chi connectivity index (χ0n) is 17.0. The van der Waals surface area contributed by atoms with Gasteiger partial charge in [-0.25, -0.2) is 4.98 Å². The summed E-state index contributed by atoms with van der Waals surface area (Å²) in [6.07, 6.45) is 0.893. The van der Waals surface area contributed by atoms with E-state index in [1.165, 1.54) is 17.0 Å². The maximum atomic E-state index is 9.85. The number of hydrogen-bond acceptors (Lipinski definition) is 4. The fourth-order valence-electron chi connectivity index (χ4n) is 4.42. The number of imidazole rings is 1. The molecule has 0 amide bonds. The number of pyridine rings is 1. The third-order valence-corrected chi connectivity index (χ3v) is 5.72. The highest BCUT2D eigenvalue weighted by Gasteiger charge is 2.26. The minimum atomic E-state index is 0.692. The monoisotopic (exact) mass is 373 g/mol. The van der Waals surface area contributed by atoms with Crippen molar-refractivity contribution in [2.45, 2.75) is 27.2 Å². The van der Waals surface area contributed by atoms with Gasteiger partial charge >= 0.3 is 0 Å². The van der Waals surface area contributed by atoms with Gasteiger partial charge in [0.2, 0.25) is 0 Å². The lowest BCUT2D eigenvalue weighted by molar-refractivity contribution is 0.277. The molecule has 0 spiro atoms. The Morgan fingerprint density at radius 3 is 2.57 bits per heavy atom. The van der Waals surface area contributed by atoms with Crippen LogP contribution in [0.1, 0.15) is 30.5 Å². The fourth-order valence-corrected chi connectivity index (χ4v) is 4.42. The molecule has 3 heterocycles. The van der Waals surface area contributed by atoms with Crippen molar-refractivity contribution in [3.63, 3.8) is 0 Å². The van der Waals surface area contributed by atoms with Gasteiger partial charge in [0.05, 0.1) is 16.6 Å². The number of anilines is 1. The summed E-state index contributed by atoms with van der Waals surface area (Å²) in [5.41, 5.74) is 7.00. The first-order chi connectivity index (χ1) is 13.5. The third kappa shape index (κ3) is 2.94. The van der Waals surface area contributed by atoms with E-state index < -0.39 is 0 Å². The first-order valence-electron chi connectivity index (χ1n) is 9.99. The molecule has 3 aromatic rings. The Labute approximate surface area is 166 Å². The van der Waals surface area contributed by atoms with Crippen LogP contribution in [0.15, 0.2) is 36.4 Å². The molecule has 1 saturated heterocycles. The Bertz CT molecular complexity index is 1090. The number of hydrogen-bond donors (Lipinski definition) is 0. The number of benzene rings is 1. The predicted octanol–water partition coefficient (Wildman–Crippen LogP) is 3.93. The van der Waals surface area contributed by atoms with E-state index in [4.69, 9.17) is 4.98 Å². The summed E-state index contributed by atoms with van der Waals surface area (Å²) >= 11 is 0. The highest BCUT2D eigenvalue weighted by atomic mass is 15.3. The summed E-state index contributed by atoms with van der Waals surface area (Å²) in [4.78, 5) is 9.76. The largest absolute Gasteiger partial charge is 0.355 e. The lowest BCUT2D eigenvalue weighted by atomic mass is 10.0. The highest BCUT2D eigenvalue weighted by Crippen LogP contribution is 2.34. The SMILES string of the molecule is C=C(C)CN1CCN(c2c(CC)c(C)c(C#N)c3nc4ccccc4n23)CC1. The van der Waals surface area contributed by atoms with Gasteiger partial charge in [-0.1, -0.05) is 31.2 Å². The van der Waals surface area contributed by atoms with Crippen LogP contribution < -0.4 is 4.90 Å². The number of piperazine rings is 1. The van der Waals surface area contributed by atoms with E-state index in [9.17, 15) is 5.26 Å². The predicted molar refractivity (Wildman–Crippen MR) is 115 cm³/mol. The maximum absolute atomic E-state index is 9.85. The molecule has 0 saturated carbocycles. The summed E-state index contributed by atoms with van der Waals surface area (Å²) in [7, 11) is 0. The Morgan fingerprint density at radius 1 is 1.21 bits per heavy atom. The van der Waals surface area contributed by atoms with Gasteiger partial charge in [0.1, 0.15) is 11.9 Å². The van der Waals surface area contributed by atoms with Gasteiger partial charge in [-0.3, -0.25) is 9.30 Å². The lowest BCUT2D eigenvalue weighted by Gasteiger charge is -2.37. The number of fused-ring (bicyclic) bond motifs is 3. The second-order valence-electron chi connectivity index (χ2n) is 7.75. The van der Waals surface area contributed by atoms with Crippen molar-refractivity contribution in [3.8, 4) is 6.07 Å². The number of nitrogens with zero attached hydrogens (tertiary/aromatic N) is 5. The Hall–Kier alpha value is -2.84. The van der Waals surface area contributed by atoms with Gasteiger partial charge in [0.25, 0.3) is 0 Å². The first kappa shape index (κ1) is 18.5. The quantitative estimate of drug-likeness (QED) is 0.650. The molecule has 1 aliphatic heterocycles. The summed E-state index contributed by atoms with van der Waals surface area (Å²) < 4.78 is 2.22. The molecule has 4 rings (SSSR count). The Balaban J connectivity index is 1.90. The molecule has 0 aliphatic carbocycles. The van der Waals surface area contributed by atoms with E-state index >= 15 is 0 Å². The molecule has 2 aromatic heterocycles. The average Bonchev–Trinajstić information content (AvgIpc) is 3.06. The van der Waals surface area contributed by atoms with Crippen molar-refractivity contribution in [1.82, 2.24) is 14.3 Å². The molecule has 28 heavy (non-hydrogen) atoms. The van der Waals surface area contributed by atoms with Crippen molar-refractivity contribution in [1.29, 1.82) is 5.26 Å². The van der Waals surface area contributed by atoms with E-state index in [0.717, 1.165) is 61.4 Å². The lowest BCUT2D eigenvalue weighted by Crippen LogP contribution is -2.47. The van der Waals surface area contributed by atoms with Crippen LogP contribution in [-0.4, -0.2) is 47.0 Å². The summed E-state index contributed by atoms with van der Waals surface area (Å²) in [5.74, 6) is 1.21. The maximum Gasteiger partial charge on any atom is 0.157 e. The second kappa shape index (κ2) is 7.29. The molecule has 144 valence electrons. The van der Waals surface area contributed by atoms with Crippen LogP contribution >= 0.6 is 0 Å². The zero-order valence-corrected chi connectivity index (χ0v) is 17.0. The van der Waals surface area contributed by atoms with Crippen LogP contribution in [0, 0.1) is 18.3 Å². The minimum Gasteiger partial charge on any atom is -0.355 e. The van der Waals surface area contributed by atoms with Crippen LogP contribution in [0.3, 0.4) is 0 Å².